The van der Waals surface area contributed by atoms with E-state index >= 15 is 0 Å². The highest BCUT2D eigenvalue weighted by Gasteiger charge is 2.11. The average Bonchev–Trinajstić information content (AvgIpc) is 2.51. The standard InChI is InChI=1S/C19H32N2O/c1-15(2)14-22-19-11-10-16(13-18(19)20)7-6-12-21-17-8-4-3-5-9-17/h10-11,13,15,17,21H,3-9,12,14,20H2,1-2H3. The lowest BCUT2D eigenvalue weighted by Crippen LogP contribution is -2.31. The smallest absolute Gasteiger partial charge is 0.142 e. The van der Waals surface area contributed by atoms with E-state index in [1.54, 1.807) is 0 Å². The largest absolute Gasteiger partial charge is 0.491 e. The Balaban J connectivity index is 1.70. The molecular weight excluding hydrogens is 272 g/mol. The van der Waals surface area contributed by atoms with Crippen LogP contribution in [-0.2, 0) is 6.42 Å². The molecule has 0 unspecified atom stereocenters. The van der Waals surface area contributed by atoms with Gasteiger partial charge >= 0.3 is 0 Å². The van der Waals surface area contributed by atoms with Crippen molar-refractivity contribution < 1.29 is 4.74 Å². The van der Waals surface area contributed by atoms with Gasteiger partial charge in [0.15, 0.2) is 0 Å². The van der Waals surface area contributed by atoms with Gasteiger partial charge in [0.25, 0.3) is 0 Å². The van der Waals surface area contributed by atoms with Gasteiger partial charge in [-0.15, -0.1) is 0 Å². The van der Waals surface area contributed by atoms with E-state index in [0.717, 1.165) is 37.1 Å². The van der Waals surface area contributed by atoms with E-state index in [2.05, 4.69) is 31.3 Å². The topological polar surface area (TPSA) is 47.3 Å². The van der Waals surface area contributed by atoms with Gasteiger partial charge in [0.1, 0.15) is 5.75 Å². The fourth-order valence-corrected chi connectivity index (χ4v) is 3.05. The predicted molar refractivity (Wildman–Crippen MR) is 94.4 cm³/mol. The van der Waals surface area contributed by atoms with Crippen molar-refractivity contribution >= 4 is 5.69 Å². The number of aryl methyl sites for hydroxylation is 1. The van der Waals surface area contributed by atoms with Gasteiger partial charge in [0.05, 0.1) is 12.3 Å². The lowest BCUT2D eigenvalue weighted by Gasteiger charge is -2.22. The van der Waals surface area contributed by atoms with Crippen molar-refractivity contribution in [2.45, 2.75) is 64.8 Å². The van der Waals surface area contributed by atoms with Crippen LogP contribution in [0.5, 0.6) is 5.75 Å². The SMILES string of the molecule is CC(C)COc1ccc(CCCNC2CCCCC2)cc1N. The first kappa shape index (κ1) is 17.1. The van der Waals surface area contributed by atoms with E-state index in [1.165, 1.54) is 44.1 Å². The predicted octanol–water partition coefficient (Wildman–Crippen LogP) is 4.16. The fourth-order valence-electron chi connectivity index (χ4n) is 3.05. The molecule has 1 aromatic rings. The van der Waals surface area contributed by atoms with E-state index in [-0.39, 0.29) is 0 Å². The molecule has 3 N–H and O–H groups in total. The van der Waals surface area contributed by atoms with Crippen molar-refractivity contribution in [1.82, 2.24) is 5.32 Å². The highest BCUT2D eigenvalue weighted by atomic mass is 16.5. The summed E-state index contributed by atoms with van der Waals surface area (Å²) in [4.78, 5) is 0. The minimum Gasteiger partial charge on any atom is -0.491 e. The van der Waals surface area contributed by atoms with Crippen molar-refractivity contribution in [2.24, 2.45) is 5.92 Å². The number of hydrogen-bond acceptors (Lipinski definition) is 3. The molecule has 0 spiro atoms. The van der Waals surface area contributed by atoms with Crippen LogP contribution in [0.15, 0.2) is 18.2 Å². The first-order valence-corrected chi connectivity index (χ1v) is 8.89. The van der Waals surface area contributed by atoms with Gasteiger partial charge in [-0.25, -0.2) is 0 Å². The van der Waals surface area contributed by atoms with Crippen LogP contribution >= 0.6 is 0 Å². The van der Waals surface area contributed by atoms with Crippen LogP contribution in [0.2, 0.25) is 0 Å². The molecule has 3 nitrogen and oxygen atoms in total. The van der Waals surface area contributed by atoms with Crippen molar-refractivity contribution in [1.29, 1.82) is 0 Å². The summed E-state index contributed by atoms with van der Waals surface area (Å²) in [6, 6.07) is 6.98. The lowest BCUT2D eigenvalue weighted by atomic mass is 9.95. The zero-order chi connectivity index (χ0) is 15.8. The van der Waals surface area contributed by atoms with Crippen molar-refractivity contribution in [3.8, 4) is 5.75 Å². The Morgan fingerprint density at radius 3 is 2.68 bits per heavy atom. The molecular formula is C19H32N2O. The number of nitrogen functional groups attached to an aromatic ring is 1. The molecule has 1 aromatic carbocycles. The highest BCUT2D eigenvalue weighted by molar-refractivity contribution is 5.54. The summed E-state index contributed by atoms with van der Waals surface area (Å²) < 4.78 is 5.72. The normalized spacial score (nSPS) is 16.1. The second-order valence-corrected chi connectivity index (χ2v) is 6.97. The number of ether oxygens (including phenoxy) is 1. The second kappa shape index (κ2) is 9.04. The number of anilines is 1. The molecule has 22 heavy (non-hydrogen) atoms. The molecule has 0 radical (unpaired) electrons. The molecule has 2 rings (SSSR count). The molecule has 0 saturated heterocycles. The Bertz CT molecular complexity index is 439. The fraction of sp³-hybridized carbons (Fsp3) is 0.684. The molecule has 0 aliphatic heterocycles. The molecule has 1 fully saturated rings. The summed E-state index contributed by atoms with van der Waals surface area (Å²) in [6.07, 6.45) is 9.17. The van der Waals surface area contributed by atoms with E-state index in [1.807, 2.05) is 6.07 Å². The summed E-state index contributed by atoms with van der Waals surface area (Å²) in [7, 11) is 0. The van der Waals surface area contributed by atoms with Crippen LogP contribution in [0.4, 0.5) is 5.69 Å². The third-order valence-corrected chi connectivity index (χ3v) is 4.33. The Morgan fingerprint density at radius 2 is 2.00 bits per heavy atom. The highest BCUT2D eigenvalue weighted by Crippen LogP contribution is 2.24. The number of benzene rings is 1. The maximum Gasteiger partial charge on any atom is 0.142 e. The lowest BCUT2D eigenvalue weighted by molar-refractivity contribution is 0.272. The summed E-state index contributed by atoms with van der Waals surface area (Å²) in [5.41, 5.74) is 8.16. The quantitative estimate of drug-likeness (QED) is 0.560. The maximum atomic E-state index is 6.09. The first-order chi connectivity index (χ1) is 10.6. The molecule has 0 aromatic heterocycles. The van der Waals surface area contributed by atoms with Gasteiger partial charge in [-0.1, -0.05) is 39.2 Å². The Kier molecular flexibility index (Phi) is 7.04. The van der Waals surface area contributed by atoms with E-state index < -0.39 is 0 Å². The van der Waals surface area contributed by atoms with Crippen molar-refractivity contribution in [3.63, 3.8) is 0 Å². The molecule has 124 valence electrons. The van der Waals surface area contributed by atoms with Crippen molar-refractivity contribution in [2.75, 3.05) is 18.9 Å². The molecule has 1 aliphatic carbocycles. The van der Waals surface area contributed by atoms with Crippen LogP contribution in [0, 0.1) is 5.92 Å². The summed E-state index contributed by atoms with van der Waals surface area (Å²) >= 11 is 0. The monoisotopic (exact) mass is 304 g/mol. The van der Waals surface area contributed by atoms with Gasteiger partial charge in [-0.05, 0) is 55.8 Å². The molecule has 0 heterocycles. The van der Waals surface area contributed by atoms with Gasteiger partial charge in [-0.3, -0.25) is 0 Å². The summed E-state index contributed by atoms with van der Waals surface area (Å²) in [5, 5.41) is 3.69. The number of nitrogens with two attached hydrogens (primary N) is 1. The summed E-state index contributed by atoms with van der Waals surface area (Å²) in [6.45, 7) is 6.11. The van der Waals surface area contributed by atoms with Crippen LogP contribution in [0.1, 0.15) is 57.9 Å². The van der Waals surface area contributed by atoms with Crippen LogP contribution < -0.4 is 15.8 Å². The number of nitrogens with one attached hydrogen (secondary N) is 1. The minimum absolute atomic E-state index is 0.518. The minimum atomic E-state index is 0.518. The molecule has 0 atom stereocenters. The zero-order valence-corrected chi connectivity index (χ0v) is 14.2. The van der Waals surface area contributed by atoms with E-state index in [9.17, 15) is 0 Å². The molecule has 0 amide bonds. The maximum absolute atomic E-state index is 6.09. The molecule has 3 heteroatoms. The van der Waals surface area contributed by atoms with E-state index in [4.69, 9.17) is 10.5 Å². The van der Waals surface area contributed by atoms with Crippen LogP contribution in [0.25, 0.3) is 0 Å². The average molecular weight is 304 g/mol. The first-order valence-electron chi connectivity index (χ1n) is 8.89. The molecule has 1 aliphatic rings. The third kappa shape index (κ3) is 5.88. The van der Waals surface area contributed by atoms with Crippen LogP contribution in [0.3, 0.4) is 0 Å². The molecule has 1 saturated carbocycles. The molecule has 0 bridgehead atoms. The van der Waals surface area contributed by atoms with Gasteiger partial charge < -0.3 is 15.8 Å². The summed E-state index contributed by atoms with van der Waals surface area (Å²) in [5.74, 6) is 1.34. The Hall–Kier alpha value is -1.22. The second-order valence-electron chi connectivity index (χ2n) is 6.97. The third-order valence-electron chi connectivity index (χ3n) is 4.33. The van der Waals surface area contributed by atoms with Crippen molar-refractivity contribution in [3.05, 3.63) is 23.8 Å². The van der Waals surface area contributed by atoms with Gasteiger partial charge in [-0.2, -0.15) is 0 Å². The number of rotatable bonds is 8. The number of hydrogen-bond donors (Lipinski definition) is 2. The van der Waals surface area contributed by atoms with Crippen LogP contribution in [-0.4, -0.2) is 19.2 Å². The Labute approximate surface area is 135 Å². The van der Waals surface area contributed by atoms with Gasteiger partial charge in [0.2, 0.25) is 0 Å². The van der Waals surface area contributed by atoms with Gasteiger partial charge in [0, 0.05) is 6.04 Å². The van der Waals surface area contributed by atoms with E-state index in [0.29, 0.717) is 5.92 Å². The zero-order valence-electron chi connectivity index (χ0n) is 14.2. The Morgan fingerprint density at radius 1 is 1.23 bits per heavy atom.